The van der Waals surface area contributed by atoms with Crippen LogP contribution in [0.4, 0.5) is 0 Å². The Labute approximate surface area is 50.0 Å². The maximum absolute atomic E-state index is 8.54. The third-order valence-corrected chi connectivity index (χ3v) is 1.01. The lowest BCUT2D eigenvalue weighted by Gasteiger charge is -2.20. The summed E-state index contributed by atoms with van der Waals surface area (Å²) in [6, 6.07) is 0. The van der Waals surface area contributed by atoms with Crippen LogP contribution in [0, 0.1) is 5.41 Å². The minimum absolute atomic E-state index is 0.156. The van der Waals surface area contributed by atoms with Crippen molar-refractivity contribution < 1.29 is 16.7 Å². The van der Waals surface area contributed by atoms with Gasteiger partial charge in [0.05, 0.1) is 19.8 Å². The number of hydrogen-bond acceptors (Lipinski definition) is 3. The van der Waals surface area contributed by atoms with Gasteiger partial charge in [-0.1, -0.05) is 6.90 Å². The summed E-state index contributed by atoms with van der Waals surface area (Å²) in [5.41, 5.74) is -1.00. The van der Waals surface area contributed by atoms with Crippen LogP contribution in [0.3, 0.4) is 0 Å². The standard InChI is InChI=1S/C5H12O3/c1-5(2-6,3-7)4-8/h6-8H,2-4H2,1H3/i1D. The molecule has 0 bridgehead atoms. The molecule has 0 aromatic carbocycles. The van der Waals surface area contributed by atoms with Crippen LogP contribution in [0.25, 0.3) is 0 Å². The van der Waals surface area contributed by atoms with Crippen LogP contribution in [0.5, 0.6) is 0 Å². The molecule has 0 spiro atoms. The lowest BCUT2D eigenvalue weighted by molar-refractivity contribution is 0.0200. The van der Waals surface area contributed by atoms with Crippen LogP contribution in [0.1, 0.15) is 8.27 Å². The predicted molar refractivity (Wildman–Crippen MR) is 29.4 cm³/mol. The molecule has 3 nitrogen and oxygen atoms in total. The Morgan fingerprint density at radius 3 is 1.62 bits per heavy atom. The van der Waals surface area contributed by atoms with Crippen LogP contribution >= 0.6 is 0 Å². The molecule has 0 rings (SSSR count). The highest BCUT2D eigenvalue weighted by Crippen LogP contribution is 2.10. The van der Waals surface area contributed by atoms with Crippen molar-refractivity contribution in [2.45, 2.75) is 6.90 Å². The van der Waals surface area contributed by atoms with E-state index in [4.69, 9.17) is 16.7 Å². The molecule has 3 N–H and O–H groups in total. The Bertz CT molecular complexity index is 55.1. The fourth-order valence-electron chi connectivity index (χ4n) is 0.150. The molecule has 0 aromatic rings. The van der Waals surface area contributed by atoms with Crippen molar-refractivity contribution >= 4 is 0 Å². The first kappa shape index (κ1) is 6.01. The van der Waals surface area contributed by atoms with Crippen LogP contribution < -0.4 is 0 Å². The van der Waals surface area contributed by atoms with Gasteiger partial charge in [0, 0.05) is 6.79 Å². The van der Waals surface area contributed by atoms with E-state index in [0.717, 1.165) is 0 Å². The second-order valence-corrected chi connectivity index (χ2v) is 1.97. The molecule has 0 atom stereocenters. The Morgan fingerprint density at radius 2 is 1.62 bits per heavy atom. The van der Waals surface area contributed by atoms with E-state index < -0.39 is 5.41 Å². The number of rotatable bonds is 3. The topological polar surface area (TPSA) is 60.7 Å². The lowest BCUT2D eigenvalue weighted by Crippen LogP contribution is -2.29. The first-order chi connectivity index (χ1) is 4.24. The maximum atomic E-state index is 8.54. The maximum Gasteiger partial charge on any atom is 0.0528 e. The van der Waals surface area contributed by atoms with Crippen molar-refractivity contribution in [3.63, 3.8) is 0 Å². The third kappa shape index (κ3) is 1.78. The van der Waals surface area contributed by atoms with Gasteiger partial charge in [-0.25, -0.2) is 0 Å². The molecule has 0 saturated heterocycles. The van der Waals surface area contributed by atoms with Crippen molar-refractivity contribution in [3.05, 3.63) is 0 Å². The van der Waals surface area contributed by atoms with Gasteiger partial charge in [-0.15, -0.1) is 0 Å². The molecule has 0 aliphatic rings. The molecule has 0 fully saturated rings. The van der Waals surface area contributed by atoms with E-state index in [2.05, 4.69) is 0 Å². The van der Waals surface area contributed by atoms with Gasteiger partial charge in [0.15, 0.2) is 0 Å². The molecular formula is C5H12O3. The Hall–Kier alpha value is -0.120. The molecule has 0 aliphatic heterocycles. The van der Waals surface area contributed by atoms with Gasteiger partial charge in [-0.3, -0.25) is 0 Å². The fourth-order valence-corrected chi connectivity index (χ4v) is 0.150. The van der Waals surface area contributed by atoms with Crippen molar-refractivity contribution in [1.29, 1.82) is 0 Å². The average molecular weight is 121 g/mol. The molecule has 0 aliphatic carbocycles. The number of aliphatic hydroxyl groups excluding tert-OH is 3. The highest BCUT2D eigenvalue weighted by atomic mass is 16.3. The molecule has 0 heterocycles. The zero-order chi connectivity index (χ0) is 7.33. The van der Waals surface area contributed by atoms with Gasteiger partial charge in [0.2, 0.25) is 0 Å². The molecule has 0 radical (unpaired) electrons. The van der Waals surface area contributed by atoms with Crippen LogP contribution in [-0.4, -0.2) is 35.1 Å². The van der Waals surface area contributed by atoms with E-state index in [1.54, 1.807) is 0 Å². The van der Waals surface area contributed by atoms with Crippen molar-refractivity contribution in [3.8, 4) is 0 Å². The highest BCUT2D eigenvalue weighted by molar-refractivity contribution is 4.69. The largest absolute Gasteiger partial charge is 0.396 e. The van der Waals surface area contributed by atoms with Gasteiger partial charge in [0.25, 0.3) is 0 Å². The van der Waals surface area contributed by atoms with E-state index in [1.807, 2.05) is 0 Å². The van der Waals surface area contributed by atoms with Gasteiger partial charge < -0.3 is 15.3 Å². The molecule has 0 amide bonds. The summed E-state index contributed by atoms with van der Waals surface area (Å²) in [7, 11) is 0. The molecular weight excluding hydrogens is 108 g/mol. The SMILES string of the molecule is [2H]CC(CO)(CO)CO. The van der Waals surface area contributed by atoms with E-state index in [-0.39, 0.29) is 26.7 Å². The van der Waals surface area contributed by atoms with Crippen molar-refractivity contribution in [1.82, 2.24) is 0 Å². The summed E-state index contributed by atoms with van der Waals surface area (Å²) < 4.78 is 6.83. The van der Waals surface area contributed by atoms with E-state index in [0.29, 0.717) is 0 Å². The summed E-state index contributed by atoms with van der Waals surface area (Å²) in [6.07, 6.45) is 0. The van der Waals surface area contributed by atoms with E-state index >= 15 is 0 Å². The van der Waals surface area contributed by atoms with Crippen molar-refractivity contribution in [2.24, 2.45) is 5.41 Å². The van der Waals surface area contributed by atoms with Gasteiger partial charge in [-0.2, -0.15) is 0 Å². The minimum atomic E-state index is -1.00. The first-order valence-electron chi connectivity index (χ1n) is 3.07. The lowest BCUT2D eigenvalue weighted by atomic mass is 9.95. The monoisotopic (exact) mass is 121 g/mol. The minimum Gasteiger partial charge on any atom is -0.396 e. The Morgan fingerprint density at radius 1 is 1.25 bits per heavy atom. The zero-order valence-corrected chi connectivity index (χ0v) is 4.67. The Kier molecular flexibility index (Phi) is 2.27. The van der Waals surface area contributed by atoms with E-state index in [1.165, 1.54) is 0 Å². The normalized spacial score (nSPS) is 13.6. The smallest absolute Gasteiger partial charge is 0.0528 e. The number of hydrogen-bond donors (Lipinski definition) is 3. The fraction of sp³-hybridized carbons (Fsp3) is 1.00. The van der Waals surface area contributed by atoms with Crippen LogP contribution in [0.2, 0.25) is 0 Å². The molecule has 3 heteroatoms. The Balaban J connectivity index is 3.82. The van der Waals surface area contributed by atoms with E-state index in [9.17, 15) is 0 Å². The first-order valence-corrected chi connectivity index (χ1v) is 2.36. The second kappa shape index (κ2) is 3.02. The summed E-state index contributed by atoms with van der Waals surface area (Å²) in [6.45, 7) is -1.19. The second-order valence-electron chi connectivity index (χ2n) is 1.97. The summed E-state index contributed by atoms with van der Waals surface area (Å²) in [5.74, 6) is 0. The summed E-state index contributed by atoms with van der Waals surface area (Å²) >= 11 is 0. The highest BCUT2D eigenvalue weighted by Gasteiger charge is 2.20. The molecule has 0 saturated carbocycles. The van der Waals surface area contributed by atoms with Crippen LogP contribution in [0.15, 0.2) is 0 Å². The molecule has 50 valence electrons. The quantitative estimate of drug-likeness (QED) is 0.447. The molecule has 0 unspecified atom stereocenters. The summed E-state index contributed by atoms with van der Waals surface area (Å²) in [5, 5.41) is 25.6. The predicted octanol–water partition coefficient (Wildman–Crippen LogP) is -1.03. The van der Waals surface area contributed by atoms with Crippen molar-refractivity contribution in [2.75, 3.05) is 19.8 Å². The molecule has 8 heavy (non-hydrogen) atoms. The summed E-state index contributed by atoms with van der Waals surface area (Å²) in [4.78, 5) is 0. The van der Waals surface area contributed by atoms with Gasteiger partial charge in [0.1, 0.15) is 0 Å². The van der Waals surface area contributed by atoms with Gasteiger partial charge in [-0.05, 0) is 0 Å². The molecule has 0 aromatic heterocycles. The zero-order valence-electron chi connectivity index (χ0n) is 5.67. The average Bonchev–Trinajstić information content (AvgIpc) is 1.95. The third-order valence-electron chi connectivity index (χ3n) is 1.01. The van der Waals surface area contributed by atoms with Crippen LogP contribution in [-0.2, 0) is 0 Å². The number of aliphatic hydroxyl groups is 3. The van der Waals surface area contributed by atoms with Gasteiger partial charge >= 0.3 is 0 Å².